The lowest BCUT2D eigenvalue weighted by molar-refractivity contribution is -0.151. The van der Waals surface area contributed by atoms with Crippen LogP contribution in [0.3, 0.4) is 0 Å². The summed E-state index contributed by atoms with van der Waals surface area (Å²) < 4.78 is 5.89. The van der Waals surface area contributed by atoms with Crippen LogP contribution in [0.1, 0.15) is 271 Å². The van der Waals surface area contributed by atoms with Crippen molar-refractivity contribution in [3.8, 4) is 0 Å². The lowest BCUT2D eigenvalue weighted by atomic mass is 10.0. The Morgan fingerprint density at radius 1 is 0.463 bits per heavy atom. The van der Waals surface area contributed by atoms with Gasteiger partial charge in [-0.1, -0.05) is 233 Å². The molecule has 0 aliphatic rings. The molecule has 0 fully saturated rings. The SMILES string of the molecule is CCCCCCCCCCCCCCCCC(=O)OC(CCCCCCCCC)CC(=O)NC(CO)C(O)CCCCCCCCCCCCCCCC. The second-order valence-electron chi connectivity index (χ2n) is 16.9. The van der Waals surface area contributed by atoms with Crippen molar-refractivity contribution in [2.45, 2.75) is 289 Å². The van der Waals surface area contributed by atoms with E-state index in [0.717, 1.165) is 38.5 Å². The summed E-state index contributed by atoms with van der Waals surface area (Å²) in [5.41, 5.74) is 0. The average Bonchev–Trinajstić information content (AvgIpc) is 3.16. The van der Waals surface area contributed by atoms with Crippen LogP contribution in [0, 0.1) is 0 Å². The Labute approximate surface area is 336 Å². The molecule has 3 unspecified atom stereocenters. The van der Waals surface area contributed by atoms with Crippen molar-refractivity contribution in [2.75, 3.05) is 6.61 Å². The topological polar surface area (TPSA) is 95.9 Å². The highest BCUT2D eigenvalue weighted by molar-refractivity contribution is 5.77. The van der Waals surface area contributed by atoms with E-state index in [1.165, 1.54) is 186 Å². The summed E-state index contributed by atoms with van der Waals surface area (Å²) in [5, 5.41) is 23.6. The fourth-order valence-electron chi connectivity index (χ4n) is 7.73. The molecule has 6 heteroatoms. The Morgan fingerprint density at radius 2 is 0.778 bits per heavy atom. The fourth-order valence-corrected chi connectivity index (χ4v) is 7.73. The van der Waals surface area contributed by atoms with Crippen LogP contribution < -0.4 is 5.32 Å². The first-order valence-electron chi connectivity index (χ1n) is 24.3. The first-order chi connectivity index (χ1) is 26.5. The second kappa shape index (κ2) is 43.0. The van der Waals surface area contributed by atoms with Crippen LogP contribution in [-0.2, 0) is 14.3 Å². The van der Waals surface area contributed by atoms with Crippen LogP contribution >= 0.6 is 0 Å². The number of aliphatic hydroxyl groups excluding tert-OH is 2. The van der Waals surface area contributed by atoms with Gasteiger partial charge < -0.3 is 20.3 Å². The number of hydrogen-bond donors (Lipinski definition) is 3. The summed E-state index contributed by atoms with van der Waals surface area (Å²) in [6.07, 6.45) is 44.6. The van der Waals surface area contributed by atoms with Gasteiger partial charge in [-0.15, -0.1) is 0 Å². The zero-order valence-corrected chi connectivity index (χ0v) is 36.6. The molecule has 0 aromatic heterocycles. The Balaban J connectivity index is 4.35. The monoisotopic (exact) mass is 766 g/mol. The highest BCUT2D eigenvalue weighted by Gasteiger charge is 2.24. The minimum atomic E-state index is -0.777. The predicted octanol–water partition coefficient (Wildman–Crippen LogP) is 14.0. The van der Waals surface area contributed by atoms with Gasteiger partial charge in [0.15, 0.2) is 0 Å². The van der Waals surface area contributed by atoms with Gasteiger partial charge in [0.05, 0.1) is 25.2 Å². The van der Waals surface area contributed by atoms with Crippen molar-refractivity contribution >= 4 is 11.9 Å². The van der Waals surface area contributed by atoms with Gasteiger partial charge in [0.25, 0.3) is 0 Å². The molecule has 0 aliphatic heterocycles. The van der Waals surface area contributed by atoms with Gasteiger partial charge in [-0.3, -0.25) is 9.59 Å². The zero-order chi connectivity index (χ0) is 39.6. The quantitative estimate of drug-likeness (QED) is 0.0424. The Hall–Kier alpha value is -1.14. The fraction of sp³-hybridized carbons (Fsp3) is 0.958. The van der Waals surface area contributed by atoms with Gasteiger partial charge >= 0.3 is 5.97 Å². The first-order valence-corrected chi connectivity index (χ1v) is 24.3. The molecule has 0 radical (unpaired) electrons. The first kappa shape index (κ1) is 52.9. The summed E-state index contributed by atoms with van der Waals surface area (Å²) in [6.45, 7) is 6.47. The van der Waals surface area contributed by atoms with Gasteiger partial charge in [0, 0.05) is 6.42 Å². The molecule has 0 saturated carbocycles. The number of carbonyl (C=O) groups excluding carboxylic acids is 2. The number of rotatable bonds is 44. The van der Waals surface area contributed by atoms with E-state index in [-0.39, 0.29) is 24.9 Å². The summed E-state index contributed by atoms with van der Waals surface area (Å²) in [6, 6.07) is -0.690. The molecule has 0 spiro atoms. The lowest BCUT2D eigenvalue weighted by Crippen LogP contribution is -2.46. The summed E-state index contributed by atoms with van der Waals surface area (Å²) in [4.78, 5) is 25.9. The van der Waals surface area contributed by atoms with Gasteiger partial charge in [-0.2, -0.15) is 0 Å². The largest absolute Gasteiger partial charge is 0.462 e. The molecule has 0 aromatic carbocycles. The van der Waals surface area contributed by atoms with Crippen molar-refractivity contribution in [1.82, 2.24) is 5.32 Å². The number of aliphatic hydroxyl groups is 2. The molecule has 0 aromatic rings. The molecule has 0 rings (SSSR count). The maximum atomic E-state index is 13.1. The van der Waals surface area contributed by atoms with Gasteiger partial charge in [0.2, 0.25) is 5.91 Å². The third kappa shape index (κ3) is 37.8. The Kier molecular flexibility index (Phi) is 42.1. The number of nitrogens with one attached hydrogen (secondary N) is 1. The zero-order valence-electron chi connectivity index (χ0n) is 36.6. The summed E-state index contributed by atoms with van der Waals surface area (Å²) >= 11 is 0. The van der Waals surface area contributed by atoms with E-state index in [0.29, 0.717) is 19.3 Å². The van der Waals surface area contributed by atoms with E-state index in [4.69, 9.17) is 4.74 Å². The number of esters is 1. The maximum Gasteiger partial charge on any atom is 0.306 e. The second-order valence-corrected chi connectivity index (χ2v) is 16.9. The van der Waals surface area contributed by atoms with Crippen molar-refractivity contribution in [2.24, 2.45) is 0 Å². The summed E-state index contributed by atoms with van der Waals surface area (Å²) in [7, 11) is 0. The van der Waals surface area contributed by atoms with Crippen molar-refractivity contribution < 1.29 is 24.5 Å². The third-order valence-corrected chi connectivity index (χ3v) is 11.4. The van der Waals surface area contributed by atoms with Crippen molar-refractivity contribution in [1.29, 1.82) is 0 Å². The Morgan fingerprint density at radius 3 is 1.13 bits per heavy atom. The molecular formula is C48H95NO5. The molecule has 1 amide bonds. The number of hydrogen-bond acceptors (Lipinski definition) is 5. The van der Waals surface area contributed by atoms with Gasteiger partial charge in [-0.25, -0.2) is 0 Å². The predicted molar refractivity (Wildman–Crippen MR) is 232 cm³/mol. The number of carbonyl (C=O) groups is 2. The maximum absolute atomic E-state index is 13.1. The van der Waals surface area contributed by atoms with Crippen LogP contribution in [-0.4, -0.2) is 46.9 Å². The van der Waals surface area contributed by atoms with E-state index >= 15 is 0 Å². The number of amides is 1. The summed E-state index contributed by atoms with van der Waals surface area (Å²) in [5.74, 6) is -0.461. The van der Waals surface area contributed by atoms with Crippen LogP contribution in [0.2, 0.25) is 0 Å². The minimum Gasteiger partial charge on any atom is -0.462 e. The molecule has 322 valence electrons. The average molecular weight is 766 g/mol. The molecule has 54 heavy (non-hydrogen) atoms. The van der Waals surface area contributed by atoms with Crippen LogP contribution in [0.25, 0.3) is 0 Å². The van der Waals surface area contributed by atoms with Crippen LogP contribution in [0.5, 0.6) is 0 Å². The lowest BCUT2D eigenvalue weighted by Gasteiger charge is -2.24. The number of unbranched alkanes of at least 4 members (excludes halogenated alkanes) is 32. The molecule has 0 heterocycles. The highest BCUT2D eigenvalue weighted by Crippen LogP contribution is 2.18. The highest BCUT2D eigenvalue weighted by atomic mass is 16.5. The van der Waals surface area contributed by atoms with E-state index in [1.807, 2.05) is 0 Å². The molecular weight excluding hydrogens is 671 g/mol. The minimum absolute atomic E-state index is 0.0857. The number of ether oxygens (including phenoxy) is 1. The van der Waals surface area contributed by atoms with E-state index in [2.05, 4.69) is 26.1 Å². The van der Waals surface area contributed by atoms with Gasteiger partial charge in [0.1, 0.15) is 6.10 Å². The molecule has 6 nitrogen and oxygen atoms in total. The molecule has 3 atom stereocenters. The van der Waals surface area contributed by atoms with Gasteiger partial charge in [-0.05, 0) is 25.7 Å². The van der Waals surface area contributed by atoms with E-state index in [9.17, 15) is 19.8 Å². The van der Waals surface area contributed by atoms with E-state index in [1.54, 1.807) is 0 Å². The molecule has 0 aliphatic carbocycles. The van der Waals surface area contributed by atoms with Crippen LogP contribution in [0.15, 0.2) is 0 Å². The van der Waals surface area contributed by atoms with Crippen LogP contribution in [0.4, 0.5) is 0 Å². The molecule has 0 bridgehead atoms. The van der Waals surface area contributed by atoms with Crippen molar-refractivity contribution in [3.05, 3.63) is 0 Å². The van der Waals surface area contributed by atoms with Crippen molar-refractivity contribution in [3.63, 3.8) is 0 Å². The third-order valence-electron chi connectivity index (χ3n) is 11.4. The van der Waals surface area contributed by atoms with E-state index < -0.39 is 18.2 Å². The smallest absolute Gasteiger partial charge is 0.306 e. The normalized spacial score (nSPS) is 13.2. The molecule has 3 N–H and O–H groups in total. The molecule has 0 saturated heterocycles. The Bertz CT molecular complexity index is 776. The standard InChI is InChI=1S/C48H95NO5/c1-4-7-10-13-16-18-20-22-24-26-28-31-34-37-40-46(51)45(43-50)49-47(52)42-44(39-36-33-30-15-12-9-6-3)54-48(53)41-38-35-32-29-27-25-23-21-19-17-14-11-8-5-2/h44-46,50-51H,4-43H2,1-3H3,(H,49,52).